The summed E-state index contributed by atoms with van der Waals surface area (Å²) < 4.78 is 10.7. The lowest BCUT2D eigenvalue weighted by Crippen LogP contribution is -2.61. The minimum absolute atomic E-state index is 0.0102. The first kappa shape index (κ1) is 15.1. The number of nitrogens with zero attached hydrogens (tertiary/aromatic N) is 2. The number of morpholine rings is 2. The van der Waals surface area contributed by atoms with E-state index in [9.17, 15) is 14.7 Å². The fraction of sp³-hybridized carbons (Fsp3) is 0.846. The number of carboxylic acids is 1. The highest BCUT2D eigenvalue weighted by Crippen LogP contribution is 2.19. The normalized spacial score (nSPS) is 31.2. The zero-order chi connectivity index (χ0) is 14.7. The van der Waals surface area contributed by atoms with Crippen molar-refractivity contribution >= 4 is 12.0 Å². The van der Waals surface area contributed by atoms with E-state index < -0.39 is 12.0 Å². The average molecular weight is 286 g/mol. The number of carboxylic acid groups (broad SMARTS) is 1. The van der Waals surface area contributed by atoms with Crippen LogP contribution in [0.4, 0.5) is 4.79 Å². The van der Waals surface area contributed by atoms with Crippen molar-refractivity contribution in [1.82, 2.24) is 9.80 Å². The maximum atomic E-state index is 12.7. The van der Waals surface area contributed by atoms with Gasteiger partial charge in [-0.15, -0.1) is 0 Å². The zero-order valence-electron chi connectivity index (χ0n) is 11.9. The minimum atomic E-state index is -1.02. The molecule has 7 heteroatoms. The lowest BCUT2D eigenvalue weighted by atomic mass is 10.1. The Morgan fingerprint density at radius 2 is 2.05 bits per heavy atom. The van der Waals surface area contributed by atoms with Gasteiger partial charge in [-0.3, -0.25) is 0 Å². The topological polar surface area (TPSA) is 79.3 Å². The Balaban J connectivity index is 2.12. The Hall–Kier alpha value is -1.34. The summed E-state index contributed by atoms with van der Waals surface area (Å²) in [6.45, 7) is 5.67. The van der Waals surface area contributed by atoms with E-state index in [0.717, 1.165) is 6.42 Å². The van der Waals surface area contributed by atoms with E-state index in [2.05, 4.69) is 0 Å². The van der Waals surface area contributed by atoms with E-state index in [4.69, 9.17) is 9.47 Å². The van der Waals surface area contributed by atoms with Crippen LogP contribution in [0.25, 0.3) is 0 Å². The quantitative estimate of drug-likeness (QED) is 0.794. The predicted octanol–water partition coefficient (Wildman–Crippen LogP) is 0.391. The van der Waals surface area contributed by atoms with Crippen LogP contribution in [0.5, 0.6) is 0 Å². The van der Waals surface area contributed by atoms with Gasteiger partial charge in [-0.05, 0) is 13.3 Å². The molecule has 0 aromatic heterocycles. The van der Waals surface area contributed by atoms with E-state index in [1.165, 1.54) is 4.90 Å². The Labute approximate surface area is 118 Å². The molecule has 0 spiro atoms. The summed E-state index contributed by atoms with van der Waals surface area (Å²) >= 11 is 0. The van der Waals surface area contributed by atoms with Gasteiger partial charge in [0.25, 0.3) is 0 Å². The van der Waals surface area contributed by atoms with Crippen molar-refractivity contribution in [2.45, 2.75) is 38.5 Å². The molecule has 2 aliphatic heterocycles. The summed E-state index contributed by atoms with van der Waals surface area (Å²) in [4.78, 5) is 27.1. The fourth-order valence-corrected chi connectivity index (χ4v) is 2.62. The van der Waals surface area contributed by atoms with Crippen molar-refractivity contribution in [3.8, 4) is 0 Å². The summed E-state index contributed by atoms with van der Waals surface area (Å²) in [6, 6.07) is -1.11. The lowest BCUT2D eigenvalue weighted by Gasteiger charge is -2.43. The molecule has 0 radical (unpaired) electrons. The van der Waals surface area contributed by atoms with Crippen LogP contribution in [-0.4, -0.2) is 78.0 Å². The van der Waals surface area contributed by atoms with Crippen LogP contribution in [0, 0.1) is 0 Å². The molecule has 0 bridgehead atoms. The molecule has 0 saturated carbocycles. The van der Waals surface area contributed by atoms with Gasteiger partial charge in [0.15, 0.2) is 6.04 Å². The third kappa shape index (κ3) is 3.04. The molecule has 20 heavy (non-hydrogen) atoms. The molecule has 3 atom stereocenters. The van der Waals surface area contributed by atoms with Gasteiger partial charge in [-0.1, -0.05) is 6.92 Å². The van der Waals surface area contributed by atoms with Crippen molar-refractivity contribution in [2.24, 2.45) is 0 Å². The number of urea groups is 1. The maximum Gasteiger partial charge on any atom is 0.328 e. The van der Waals surface area contributed by atoms with Crippen LogP contribution in [0.15, 0.2) is 0 Å². The van der Waals surface area contributed by atoms with E-state index in [1.807, 2.05) is 13.8 Å². The van der Waals surface area contributed by atoms with Crippen LogP contribution in [0.2, 0.25) is 0 Å². The summed E-state index contributed by atoms with van der Waals surface area (Å²) in [7, 11) is 0. The molecule has 2 amide bonds. The number of rotatable bonds is 2. The second kappa shape index (κ2) is 6.41. The van der Waals surface area contributed by atoms with Gasteiger partial charge in [-0.2, -0.15) is 0 Å². The predicted molar refractivity (Wildman–Crippen MR) is 70.5 cm³/mol. The molecule has 0 aromatic rings. The average Bonchev–Trinajstić information content (AvgIpc) is 2.46. The Morgan fingerprint density at radius 3 is 2.70 bits per heavy atom. The molecular weight excluding hydrogens is 264 g/mol. The molecule has 2 aliphatic rings. The smallest absolute Gasteiger partial charge is 0.328 e. The maximum absolute atomic E-state index is 12.7. The molecule has 0 aromatic carbocycles. The summed E-state index contributed by atoms with van der Waals surface area (Å²) in [5.41, 5.74) is 0. The van der Waals surface area contributed by atoms with Gasteiger partial charge in [0, 0.05) is 13.1 Å². The van der Waals surface area contributed by atoms with E-state index >= 15 is 0 Å². The second-order valence-electron chi connectivity index (χ2n) is 5.26. The molecule has 2 heterocycles. The van der Waals surface area contributed by atoms with E-state index in [0.29, 0.717) is 26.3 Å². The molecule has 7 nitrogen and oxygen atoms in total. The molecular formula is C13H22N2O5. The van der Waals surface area contributed by atoms with E-state index in [1.54, 1.807) is 4.90 Å². The third-order valence-electron chi connectivity index (χ3n) is 3.84. The van der Waals surface area contributed by atoms with Crippen LogP contribution in [-0.2, 0) is 14.3 Å². The van der Waals surface area contributed by atoms with Gasteiger partial charge in [0.05, 0.1) is 32.0 Å². The van der Waals surface area contributed by atoms with Crippen molar-refractivity contribution in [3.05, 3.63) is 0 Å². The Morgan fingerprint density at radius 1 is 1.30 bits per heavy atom. The second-order valence-corrected chi connectivity index (χ2v) is 5.26. The third-order valence-corrected chi connectivity index (χ3v) is 3.84. The van der Waals surface area contributed by atoms with Crippen molar-refractivity contribution in [3.63, 3.8) is 0 Å². The highest BCUT2D eigenvalue weighted by atomic mass is 16.5. The molecule has 114 valence electrons. The first-order chi connectivity index (χ1) is 9.54. The molecule has 3 unspecified atom stereocenters. The standard InChI is InChI=1S/C13H22N2O5/c1-3-10-7-20-9(2)6-15(10)13(18)14-4-5-19-8-11(14)12(16)17/h9-11H,3-8H2,1-2H3,(H,16,17). The number of hydrogen-bond donors (Lipinski definition) is 1. The summed E-state index contributed by atoms with van der Waals surface area (Å²) in [6.07, 6.45) is 0.770. The molecule has 0 aliphatic carbocycles. The number of hydrogen-bond acceptors (Lipinski definition) is 4. The van der Waals surface area contributed by atoms with Crippen LogP contribution < -0.4 is 0 Å². The monoisotopic (exact) mass is 286 g/mol. The molecule has 2 saturated heterocycles. The SMILES string of the molecule is CCC1COC(C)CN1C(=O)N1CCOCC1C(=O)O. The first-order valence-electron chi connectivity index (χ1n) is 7.04. The summed E-state index contributed by atoms with van der Waals surface area (Å²) in [5.74, 6) is -1.02. The van der Waals surface area contributed by atoms with Gasteiger partial charge >= 0.3 is 12.0 Å². The summed E-state index contributed by atoms with van der Waals surface area (Å²) in [5, 5.41) is 9.21. The highest BCUT2D eigenvalue weighted by Gasteiger charge is 2.38. The molecule has 2 rings (SSSR count). The Kier molecular flexibility index (Phi) is 4.82. The molecule has 1 N–H and O–H groups in total. The van der Waals surface area contributed by atoms with Crippen LogP contribution in [0.1, 0.15) is 20.3 Å². The first-order valence-corrected chi connectivity index (χ1v) is 7.04. The van der Waals surface area contributed by atoms with Crippen molar-refractivity contribution < 1.29 is 24.2 Å². The fourth-order valence-electron chi connectivity index (χ4n) is 2.62. The molecule has 2 fully saturated rings. The van der Waals surface area contributed by atoms with Gasteiger partial charge < -0.3 is 24.4 Å². The van der Waals surface area contributed by atoms with E-state index in [-0.39, 0.29) is 24.8 Å². The van der Waals surface area contributed by atoms with Crippen molar-refractivity contribution in [1.29, 1.82) is 0 Å². The van der Waals surface area contributed by atoms with Gasteiger partial charge in [0.1, 0.15) is 0 Å². The van der Waals surface area contributed by atoms with Gasteiger partial charge in [-0.25, -0.2) is 9.59 Å². The number of aliphatic carboxylic acids is 1. The number of carbonyl (C=O) groups is 2. The van der Waals surface area contributed by atoms with Crippen molar-refractivity contribution in [2.75, 3.05) is 32.9 Å². The largest absolute Gasteiger partial charge is 0.480 e. The van der Waals surface area contributed by atoms with Crippen LogP contribution in [0.3, 0.4) is 0 Å². The van der Waals surface area contributed by atoms with Gasteiger partial charge in [0.2, 0.25) is 0 Å². The number of ether oxygens (including phenoxy) is 2. The highest BCUT2D eigenvalue weighted by molar-refractivity contribution is 5.83. The Bertz CT molecular complexity index is 376. The minimum Gasteiger partial charge on any atom is -0.480 e. The lowest BCUT2D eigenvalue weighted by molar-refractivity contribution is -0.148. The number of amides is 2. The van der Waals surface area contributed by atoms with Crippen LogP contribution >= 0.6 is 0 Å². The zero-order valence-corrected chi connectivity index (χ0v) is 11.9. The number of carbonyl (C=O) groups excluding carboxylic acids is 1.